The Morgan fingerprint density at radius 3 is 2.46 bits per heavy atom. The maximum Gasteiger partial charge on any atom is 0.217 e. The molecule has 0 aliphatic carbocycles. The van der Waals surface area contributed by atoms with Crippen LogP contribution >= 0.6 is 11.3 Å². The second-order valence-electron chi connectivity index (χ2n) is 9.54. The van der Waals surface area contributed by atoms with Crippen molar-refractivity contribution in [2.45, 2.75) is 17.9 Å². The summed E-state index contributed by atoms with van der Waals surface area (Å²) in [6, 6.07) is 26.7. The molecule has 0 aliphatic rings. The van der Waals surface area contributed by atoms with Gasteiger partial charge in [0, 0.05) is 36.0 Å². The highest BCUT2D eigenvalue weighted by atomic mass is 32.1. The molecule has 2 aromatic heterocycles. The van der Waals surface area contributed by atoms with Crippen molar-refractivity contribution < 1.29 is 9.84 Å². The lowest BCUT2D eigenvalue weighted by atomic mass is 9.70. The van der Waals surface area contributed by atoms with Gasteiger partial charge in [-0.25, -0.2) is 4.98 Å². The van der Waals surface area contributed by atoms with Crippen molar-refractivity contribution in [2.24, 2.45) is 0 Å². The van der Waals surface area contributed by atoms with Gasteiger partial charge in [0.25, 0.3) is 0 Å². The number of benzene rings is 3. The standard InChI is InChI=1S/C31H31N3O2S/c1-34(2)17-16-31(35,27-15-9-13-22-10-7-8-14-25(22)27)29(23-11-5-4-6-12-23)26-18-24(19-33-30(26)36-3)28-20-32-21-37-28/h4-15,18-21,29,35H,16-17H2,1-3H3. The minimum absolute atomic E-state index is 0.435. The van der Waals surface area contributed by atoms with E-state index in [0.717, 1.165) is 37.9 Å². The molecule has 0 spiro atoms. The van der Waals surface area contributed by atoms with Gasteiger partial charge in [0.2, 0.25) is 5.88 Å². The van der Waals surface area contributed by atoms with Crippen LogP contribution in [-0.4, -0.2) is 47.7 Å². The van der Waals surface area contributed by atoms with Crippen LogP contribution in [-0.2, 0) is 5.60 Å². The first-order chi connectivity index (χ1) is 18.0. The number of aromatic nitrogens is 2. The lowest BCUT2D eigenvalue weighted by molar-refractivity contribution is 0.00517. The molecule has 2 atom stereocenters. The molecule has 5 nitrogen and oxygen atoms in total. The summed E-state index contributed by atoms with van der Waals surface area (Å²) in [5.41, 5.74) is 4.25. The molecule has 0 amide bonds. The van der Waals surface area contributed by atoms with Crippen molar-refractivity contribution in [3.8, 4) is 16.3 Å². The molecule has 2 unspecified atom stereocenters. The molecule has 1 N–H and O–H groups in total. The summed E-state index contributed by atoms with van der Waals surface area (Å²) < 4.78 is 5.82. The summed E-state index contributed by atoms with van der Waals surface area (Å²) in [5, 5.41) is 15.2. The van der Waals surface area contributed by atoms with Crippen molar-refractivity contribution in [2.75, 3.05) is 27.7 Å². The largest absolute Gasteiger partial charge is 0.481 e. The monoisotopic (exact) mass is 509 g/mol. The van der Waals surface area contributed by atoms with Gasteiger partial charge in [-0.1, -0.05) is 72.8 Å². The fraction of sp³-hybridized carbons (Fsp3) is 0.226. The van der Waals surface area contributed by atoms with Gasteiger partial charge in [-0.2, -0.15) is 0 Å². The van der Waals surface area contributed by atoms with Crippen LogP contribution in [0.2, 0.25) is 0 Å². The lowest BCUT2D eigenvalue weighted by Gasteiger charge is -2.39. The molecule has 0 fully saturated rings. The van der Waals surface area contributed by atoms with E-state index in [9.17, 15) is 5.11 Å². The predicted molar refractivity (Wildman–Crippen MR) is 151 cm³/mol. The summed E-state index contributed by atoms with van der Waals surface area (Å²) in [4.78, 5) is 12.1. The van der Waals surface area contributed by atoms with Crippen molar-refractivity contribution in [1.82, 2.24) is 14.9 Å². The number of ether oxygens (including phenoxy) is 1. The van der Waals surface area contributed by atoms with Crippen molar-refractivity contribution in [3.63, 3.8) is 0 Å². The fourth-order valence-corrected chi connectivity index (χ4v) is 5.73. The van der Waals surface area contributed by atoms with Crippen LogP contribution < -0.4 is 4.74 Å². The van der Waals surface area contributed by atoms with E-state index in [-0.39, 0.29) is 0 Å². The Hall–Kier alpha value is -3.58. The van der Waals surface area contributed by atoms with Gasteiger partial charge in [0.1, 0.15) is 5.60 Å². The summed E-state index contributed by atoms with van der Waals surface area (Å²) in [7, 11) is 5.71. The minimum Gasteiger partial charge on any atom is -0.481 e. The molecule has 0 radical (unpaired) electrons. The Kier molecular flexibility index (Phi) is 7.33. The van der Waals surface area contributed by atoms with Crippen LogP contribution in [0.15, 0.2) is 96.8 Å². The highest BCUT2D eigenvalue weighted by Gasteiger charge is 2.43. The average molecular weight is 510 g/mol. The maximum atomic E-state index is 13.0. The molecular formula is C31H31N3O2S. The summed E-state index contributed by atoms with van der Waals surface area (Å²) in [6.07, 6.45) is 4.18. The zero-order valence-corrected chi connectivity index (χ0v) is 22.2. The molecule has 0 aliphatic heterocycles. The Bertz CT molecular complexity index is 1470. The number of pyridine rings is 1. The van der Waals surface area contributed by atoms with E-state index in [4.69, 9.17) is 9.72 Å². The van der Waals surface area contributed by atoms with Crippen molar-refractivity contribution >= 4 is 22.1 Å². The molecule has 5 rings (SSSR count). The molecule has 2 heterocycles. The second kappa shape index (κ2) is 10.8. The number of aliphatic hydroxyl groups is 1. The molecule has 188 valence electrons. The van der Waals surface area contributed by atoms with Gasteiger partial charge in [-0.3, -0.25) is 4.98 Å². The van der Waals surface area contributed by atoms with E-state index in [0.29, 0.717) is 18.8 Å². The average Bonchev–Trinajstić information content (AvgIpc) is 3.47. The van der Waals surface area contributed by atoms with E-state index in [2.05, 4.69) is 52.3 Å². The predicted octanol–water partition coefficient (Wildman–Crippen LogP) is 6.34. The quantitative estimate of drug-likeness (QED) is 0.251. The normalized spacial score (nSPS) is 14.0. The van der Waals surface area contributed by atoms with E-state index in [1.807, 2.05) is 68.4 Å². The van der Waals surface area contributed by atoms with Crippen LogP contribution in [0.5, 0.6) is 5.88 Å². The lowest BCUT2D eigenvalue weighted by Crippen LogP contribution is -2.38. The SMILES string of the molecule is COc1ncc(-c2cncs2)cc1C(c1ccccc1)C(O)(CCN(C)C)c1cccc2ccccc12. The van der Waals surface area contributed by atoms with Gasteiger partial charge in [0.15, 0.2) is 0 Å². The van der Waals surface area contributed by atoms with E-state index < -0.39 is 11.5 Å². The number of rotatable bonds is 9. The van der Waals surface area contributed by atoms with E-state index in [1.165, 1.54) is 0 Å². The third-order valence-electron chi connectivity index (χ3n) is 6.91. The Morgan fingerprint density at radius 1 is 0.973 bits per heavy atom. The van der Waals surface area contributed by atoms with Crippen LogP contribution in [0.1, 0.15) is 29.0 Å². The fourth-order valence-electron chi connectivity index (χ4n) is 5.13. The number of methoxy groups -OCH3 is 1. The highest BCUT2D eigenvalue weighted by Crippen LogP contribution is 2.49. The molecule has 37 heavy (non-hydrogen) atoms. The highest BCUT2D eigenvalue weighted by molar-refractivity contribution is 7.13. The molecule has 5 aromatic rings. The van der Waals surface area contributed by atoms with Crippen molar-refractivity contribution in [1.29, 1.82) is 0 Å². The van der Waals surface area contributed by atoms with Gasteiger partial charge in [-0.05, 0) is 48.5 Å². The topological polar surface area (TPSA) is 58.5 Å². The number of hydrogen-bond donors (Lipinski definition) is 1. The van der Waals surface area contributed by atoms with Crippen molar-refractivity contribution in [3.05, 3.63) is 113 Å². The van der Waals surface area contributed by atoms with Gasteiger partial charge in [-0.15, -0.1) is 11.3 Å². The molecular weight excluding hydrogens is 478 g/mol. The molecule has 0 bridgehead atoms. The molecule has 0 saturated carbocycles. The Balaban J connectivity index is 1.81. The minimum atomic E-state index is -1.26. The zero-order chi connectivity index (χ0) is 25.8. The van der Waals surface area contributed by atoms with Crippen LogP contribution in [0, 0.1) is 0 Å². The van der Waals surface area contributed by atoms with E-state index >= 15 is 0 Å². The first-order valence-corrected chi connectivity index (χ1v) is 13.2. The van der Waals surface area contributed by atoms with Crippen LogP contribution in [0.3, 0.4) is 0 Å². The van der Waals surface area contributed by atoms with Gasteiger partial charge >= 0.3 is 0 Å². The number of fused-ring (bicyclic) bond motifs is 1. The molecule has 6 heteroatoms. The van der Waals surface area contributed by atoms with Gasteiger partial charge < -0.3 is 14.7 Å². The van der Waals surface area contributed by atoms with E-state index in [1.54, 1.807) is 18.4 Å². The number of hydrogen-bond acceptors (Lipinski definition) is 6. The third-order valence-corrected chi connectivity index (χ3v) is 7.73. The summed E-state index contributed by atoms with van der Waals surface area (Å²) in [6.45, 7) is 0.702. The number of nitrogens with zero attached hydrogens (tertiary/aromatic N) is 3. The maximum absolute atomic E-state index is 13.0. The van der Waals surface area contributed by atoms with Crippen LogP contribution in [0.25, 0.3) is 21.2 Å². The third kappa shape index (κ3) is 5.01. The Labute approximate surface area is 222 Å². The van der Waals surface area contributed by atoms with Gasteiger partial charge in [0.05, 0.1) is 17.5 Å². The first kappa shape index (κ1) is 25.1. The Morgan fingerprint density at radius 2 is 1.73 bits per heavy atom. The smallest absolute Gasteiger partial charge is 0.217 e. The molecule has 3 aromatic carbocycles. The summed E-state index contributed by atoms with van der Waals surface area (Å²) in [5.74, 6) is 0.0698. The second-order valence-corrected chi connectivity index (χ2v) is 10.4. The number of thiazole rings is 1. The summed E-state index contributed by atoms with van der Waals surface area (Å²) >= 11 is 1.56. The first-order valence-electron chi connectivity index (χ1n) is 12.3. The van der Waals surface area contributed by atoms with Crippen LogP contribution in [0.4, 0.5) is 0 Å². The zero-order valence-electron chi connectivity index (χ0n) is 21.3. The molecule has 0 saturated heterocycles.